The van der Waals surface area contributed by atoms with E-state index >= 15 is 0 Å². The number of halogens is 2. The first kappa shape index (κ1) is 21.3. The summed E-state index contributed by atoms with van der Waals surface area (Å²) < 4.78 is 22.1. The Morgan fingerprint density at radius 1 is 1.24 bits per heavy atom. The minimum Gasteiger partial charge on any atom is -0.492 e. The second kappa shape index (κ2) is 9.42. The smallest absolute Gasteiger partial charge is 0.189 e. The minimum atomic E-state index is -0.457. The zero-order valence-corrected chi connectivity index (χ0v) is 17.4. The molecule has 0 amide bonds. The quantitative estimate of drug-likeness (QED) is 0.553. The van der Waals surface area contributed by atoms with Gasteiger partial charge in [0.25, 0.3) is 0 Å². The van der Waals surface area contributed by atoms with Gasteiger partial charge < -0.3 is 14.4 Å². The van der Waals surface area contributed by atoms with Gasteiger partial charge in [-0.1, -0.05) is 37.1 Å². The van der Waals surface area contributed by atoms with Crippen LogP contribution in [0.5, 0.6) is 5.75 Å². The molecule has 3 aromatic rings. The number of nitrogens with zero attached hydrogens (tertiary/aromatic N) is 1. The lowest BCUT2D eigenvalue weighted by molar-refractivity contribution is 0.221. The Morgan fingerprint density at radius 3 is 2.72 bits per heavy atom. The molecule has 0 saturated carbocycles. The number of aliphatic hydroxyl groups is 1. The van der Waals surface area contributed by atoms with E-state index in [0.717, 1.165) is 18.4 Å². The van der Waals surface area contributed by atoms with Gasteiger partial charge >= 0.3 is 0 Å². The zero-order chi connectivity index (χ0) is 21.0. The lowest BCUT2D eigenvalue weighted by atomic mass is 10.0. The van der Waals surface area contributed by atoms with E-state index in [1.807, 2.05) is 17.6 Å². The van der Waals surface area contributed by atoms with E-state index in [-0.39, 0.29) is 29.5 Å². The van der Waals surface area contributed by atoms with Gasteiger partial charge in [0.15, 0.2) is 5.43 Å². The lowest BCUT2D eigenvalue weighted by Gasteiger charge is -2.22. The molecular weight excluding hydrogens is 393 g/mol. The Bertz CT molecular complexity index is 1060. The highest BCUT2D eigenvalue weighted by molar-refractivity contribution is 6.30. The van der Waals surface area contributed by atoms with Gasteiger partial charge in [-0.05, 0) is 42.7 Å². The fourth-order valence-electron chi connectivity index (χ4n) is 3.66. The highest BCUT2D eigenvalue weighted by atomic mass is 35.5. The van der Waals surface area contributed by atoms with Gasteiger partial charge in [0, 0.05) is 24.1 Å². The van der Waals surface area contributed by atoms with Crippen LogP contribution in [0.2, 0.25) is 5.02 Å². The summed E-state index contributed by atoms with van der Waals surface area (Å²) in [6.45, 7) is 4.31. The molecule has 3 rings (SSSR count). The van der Waals surface area contributed by atoms with Crippen LogP contribution in [0.4, 0.5) is 4.39 Å². The van der Waals surface area contributed by atoms with Crippen LogP contribution in [0.25, 0.3) is 10.9 Å². The molecule has 1 atom stereocenters. The van der Waals surface area contributed by atoms with E-state index in [2.05, 4.69) is 6.92 Å². The molecule has 29 heavy (non-hydrogen) atoms. The van der Waals surface area contributed by atoms with E-state index in [4.69, 9.17) is 16.3 Å². The second-order valence-electron chi connectivity index (χ2n) is 7.03. The maximum absolute atomic E-state index is 14.4. The molecule has 6 heteroatoms. The van der Waals surface area contributed by atoms with Crippen LogP contribution >= 0.6 is 11.6 Å². The summed E-state index contributed by atoms with van der Waals surface area (Å²) in [7, 11) is 0. The van der Waals surface area contributed by atoms with Crippen molar-refractivity contribution in [2.24, 2.45) is 0 Å². The van der Waals surface area contributed by atoms with E-state index in [1.165, 1.54) is 12.1 Å². The average molecular weight is 418 g/mol. The summed E-state index contributed by atoms with van der Waals surface area (Å²) in [5.41, 5.74) is 1.73. The van der Waals surface area contributed by atoms with Crippen molar-refractivity contribution in [3.63, 3.8) is 0 Å². The van der Waals surface area contributed by atoms with Crippen LogP contribution in [0, 0.1) is 5.82 Å². The van der Waals surface area contributed by atoms with Crippen molar-refractivity contribution in [1.82, 2.24) is 4.57 Å². The number of pyridine rings is 1. The van der Waals surface area contributed by atoms with Gasteiger partial charge in [0.1, 0.15) is 11.6 Å². The molecule has 1 N–H and O–H groups in total. The summed E-state index contributed by atoms with van der Waals surface area (Å²) in [4.78, 5) is 12.7. The Kier molecular flexibility index (Phi) is 6.93. The standard InChI is InChI=1S/C23H25ClFNO3/c1-3-6-17(14-27)26-10-9-20(28)18-12-15(13-21(23(18)26)29-4-2)11-16-7-5-8-19(24)22(16)25/h5,7-10,12-13,17,27H,3-4,6,11,14H2,1-2H3/t17-/m0/s1. The lowest BCUT2D eigenvalue weighted by Crippen LogP contribution is -2.18. The Hall–Kier alpha value is -2.37. The number of ether oxygens (including phenoxy) is 1. The van der Waals surface area contributed by atoms with Crippen molar-refractivity contribution in [2.75, 3.05) is 13.2 Å². The molecule has 1 heterocycles. The zero-order valence-electron chi connectivity index (χ0n) is 16.6. The molecule has 0 spiro atoms. The number of hydrogen-bond donors (Lipinski definition) is 1. The first-order valence-electron chi connectivity index (χ1n) is 9.84. The summed E-state index contributed by atoms with van der Waals surface area (Å²) >= 11 is 5.91. The van der Waals surface area contributed by atoms with E-state index in [9.17, 15) is 14.3 Å². The number of fused-ring (bicyclic) bond motifs is 1. The average Bonchev–Trinajstić information content (AvgIpc) is 2.71. The number of hydrogen-bond acceptors (Lipinski definition) is 3. The molecule has 0 aliphatic heterocycles. The predicted octanol–water partition coefficient (Wildman–Crippen LogP) is 5.12. The van der Waals surface area contributed by atoms with Crippen molar-refractivity contribution in [3.8, 4) is 5.75 Å². The summed E-state index contributed by atoms with van der Waals surface area (Å²) in [5.74, 6) is 0.0932. The van der Waals surface area contributed by atoms with Crippen LogP contribution in [0.3, 0.4) is 0 Å². The van der Waals surface area contributed by atoms with Gasteiger partial charge in [0.05, 0.1) is 29.8 Å². The van der Waals surface area contributed by atoms with Gasteiger partial charge in [-0.3, -0.25) is 4.79 Å². The Labute approximate surface area is 174 Å². The van der Waals surface area contributed by atoms with E-state index in [1.54, 1.807) is 24.4 Å². The molecule has 0 bridgehead atoms. The maximum Gasteiger partial charge on any atom is 0.189 e. The normalized spacial score (nSPS) is 12.3. The fraction of sp³-hybridized carbons (Fsp3) is 0.348. The predicted molar refractivity (Wildman–Crippen MR) is 115 cm³/mol. The van der Waals surface area contributed by atoms with Gasteiger partial charge in [0.2, 0.25) is 0 Å². The molecule has 1 aromatic heterocycles. The molecule has 0 saturated heterocycles. The third kappa shape index (κ3) is 4.46. The topological polar surface area (TPSA) is 51.5 Å². The number of benzene rings is 2. The summed E-state index contributed by atoms with van der Waals surface area (Å²) in [5, 5.41) is 10.4. The maximum atomic E-state index is 14.4. The molecule has 154 valence electrons. The monoisotopic (exact) mass is 417 g/mol. The minimum absolute atomic E-state index is 0.0349. The van der Waals surface area contributed by atoms with Crippen LogP contribution in [0.15, 0.2) is 47.4 Å². The third-order valence-corrected chi connectivity index (χ3v) is 5.29. The molecule has 0 radical (unpaired) electrons. The molecule has 0 aliphatic rings. The van der Waals surface area contributed by atoms with Gasteiger partial charge in [-0.2, -0.15) is 0 Å². The molecule has 0 aliphatic carbocycles. The number of rotatable bonds is 8. The van der Waals surface area contributed by atoms with Crippen molar-refractivity contribution in [2.45, 2.75) is 39.2 Å². The number of aromatic nitrogens is 1. The highest BCUT2D eigenvalue weighted by Gasteiger charge is 2.17. The highest BCUT2D eigenvalue weighted by Crippen LogP contribution is 2.31. The van der Waals surface area contributed by atoms with Gasteiger partial charge in [-0.15, -0.1) is 0 Å². The van der Waals surface area contributed by atoms with Crippen molar-refractivity contribution in [3.05, 3.63) is 74.8 Å². The summed E-state index contributed by atoms with van der Waals surface area (Å²) in [6, 6.07) is 9.85. The molecule has 2 aromatic carbocycles. The van der Waals surface area contributed by atoms with Crippen molar-refractivity contribution in [1.29, 1.82) is 0 Å². The molecule has 4 nitrogen and oxygen atoms in total. The van der Waals surface area contributed by atoms with Crippen LogP contribution < -0.4 is 10.2 Å². The van der Waals surface area contributed by atoms with Crippen LogP contribution in [-0.4, -0.2) is 22.9 Å². The number of aliphatic hydroxyl groups excluding tert-OH is 1. The van der Waals surface area contributed by atoms with Crippen LogP contribution in [-0.2, 0) is 6.42 Å². The summed E-state index contributed by atoms with van der Waals surface area (Å²) in [6.07, 6.45) is 3.67. The fourth-order valence-corrected chi connectivity index (χ4v) is 3.85. The first-order valence-corrected chi connectivity index (χ1v) is 10.2. The second-order valence-corrected chi connectivity index (χ2v) is 7.43. The SMILES string of the molecule is CCC[C@@H](CO)n1ccc(=O)c2cc(Cc3cccc(Cl)c3F)cc(OCC)c21. The van der Waals surface area contributed by atoms with E-state index in [0.29, 0.717) is 28.8 Å². The van der Waals surface area contributed by atoms with Crippen LogP contribution in [0.1, 0.15) is 43.9 Å². The van der Waals surface area contributed by atoms with Crippen molar-refractivity contribution < 1.29 is 14.2 Å². The molecule has 0 fully saturated rings. The van der Waals surface area contributed by atoms with E-state index < -0.39 is 5.82 Å². The molecular formula is C23H25ClFNO3. The Balaban J connectivity index is 2.19. The largest absolute Gasteiger partial charge is 0.492 e. The third-order valence-electron chi connectivity index (χ3n) is 5.00. The Morgan fingerprint density at radius 2 is 2.03 bits per heavy atom. The first-order chi connectivity index (χ1) is 14.0. The van der Waals surface area contributed by atoms with Crippen molar-refractivity contribution >= 4 is 22.5 Å². The molecule has 0 unspecified atom stereocenters. The van der Waals surface area contributed by atoms with Gasteiger partial charge in [-0.25, -0.2) is 4.39 Å².